The summed E-state index contributed by atoms with van der Waals surface area (Å²) in [6, 6.07) is 7.70. The molecule has 0 saturated carbocycles. The van der Waals surface area contributed by atoms with Crippen LogP contribution in [0.1, 0.15) is 19.0 Å². The minimum absolute atomic E-state index is 0.0817. The molecule has 164 valence electrons. The second-order valence-electron chi connectivity index (χ2n) is 6.87. The Labute approximate surface area is 171 Å². The van der Waals surface area contributed by atoms with E-state index in [0.717, 1.165) is 24.8 Å². The number of pyridine rings is 1. The molecular formula is C20H23F4N3O3. The molecule has 1 aromatic heterocycles. The Bertz CT molecular complexity index is 850. The van der Waals surface area contributed by atoms with E-state index in [2.05, 4.69) is 15.2 Å². The minimum atomic E-state index is -4.86. The van der Waals surface area contributed by atoms with E-state index < -0.39 is 23.9 Å². The summed E-state index contributed by atoms with van der Waals surface area (Å²) in [7, 11) is 0. The first-order valence-electron chi connectivity index (χ1n) is 9.53. The summed E-state index contributed by atoms with van der Waals surface area (Å²) in [5.41, 5.74) is -0.734. The van der Waals surface area contributed by atoms with E-state index in [9.17, 15) is 22.7 Å². The summed E-state index contributed by atoms with van der Waals surface area (Å²) in [5.74, 6) is -1.27. The minimum Gasteiger partial charge on any atom is -0.456 e. The summed E-state index contributed by atoms with van der Waals surface area (Å²) < 4.78 is 62.3. The Balaban J connectivity index is 1.62. The van der Waals surface area contributed by atoms with Gasteiger partial charge in [0.1, 0.15) is 17.7 Å². The van der Waals surface area contributed by atoms with Gasteiger partial charge in [-0.05, 0) is 25.5 Å². The van der Waals surface area contributed by atoms with Gasteiger partial charge in [0, 0.05) is 43.6 Å². The number of rotatable bonds is 8. The van der Waals surface area contributed by atoms with Gasteiger partial charge in [-0.2, -0.15) is 13.2 Å². The Morgan fingerprint density at radius 2 is 2.10 bits per heavy atom. The third-order valence-corrected chi connectivity index (χ3v) is 4.60. The zero-order chi connectivity index (χ0) is 21.7. The van der Waals surface area contributed by atoms with Gasteiger partial charge in [-0.25, -0.2) is 9.37 Å². The van der Waals surface area contributed by atoms with Crippen LogP contribution in [0.5, 0.6) is 11.5 Å². The molecule has 3 rings (SSSR count). The van der Waals surface area contributed by atoms with Crippen LogP contribution >= 0.6 is 0 Å². The van der Waals surface area contributed by atoms with Crippen LogP contribution < -0.4 is 15.0 Å². The van der Waals surface area contributed by atoms with Crippen molar-refractivity contribution in [2.24, 2.45) is 0 Å². The molecule has 1 aliphatic heterocycles. The summed E-state index contributed by atoms with van der Waals surface area (Å²) in [6.07, 6.45) is -3.94. The molecule has 2 N–H and O–H groups in total. The molecule has 0 radical (unpaired) electrons. The molecule has 0 bridgehead atoms. The Morgan fingerprint density at radius 3 is 2.80 bits per heavy atom. The zero-order valence-corrected chi connectivity index (χ0v) is 16.3. The normalized spacial score (nSPS) is 17.9. The van der Waals surface area contributed by atoms with Crippen LogP contribution in [0, 0.1) is 5.82 Å². The van der Waals surface area contributed by atoms with Crippen molar-refractivity contribution in [2.75, 3.05) is 31.2 Å². The van der Waals surface area contributed by atoms with E-state index >= 15 is 0 Å². The number of nitrogens with zero attached hydrogens (tertiary/aromatic N) is 2. The number of hydrogen-bond acceptors (Lipinski definition) is 6. The molecule has 2 atom stereocenters. The molecule has 1 aromatic carbocycles. The maximum Gasteiger partial charge on any atom is 0.436 e. The van der Waals surface area contributed by atoms with Crippen LogP contribution in [0.25, 0.3) is 0 Å². The van der Waals surface area contributed by atoms with Crippen LogP contribution in [0.3, 0.4) is 0 Å². The zero-order valence-electron chi connectivity index (χ0n) is 16.3. The molecule has 30 heavy (non-hydrogen) atoms. The van der Waals surface area contributed by atoms with Crippen molar-refractivity contribution in [3.05, 3.63) is 48.0 Å². The monoisotopic (exact) mass is 429 g/mol. The van der Waals surface area contributed by atoms with Crippen molar-refractivity contribution in [3.63, 3.8) is 0 Å². The summed E-state index contributed by atoms with van der Waals surface area (Å²) in [5, 5.41) is 13.0. The number of nitrogens with one attached hydrogen (secondary N) is 1. The highest BCUT2D eigenvalue weighted by Gasteiger charge is 2.36. The van der Waals surface area contributed by atoms with Crippen molar-refractivity contribution in [1.82, 2.24) is 10.3 Å². The number of aliphatic hydroxyl groups is 1. The van der Waals surface area contributed by atoms with Gasteiger partial charge >= 0.3 is 6.18 Å². The summed E-state index contributed by atoms with van der Waals surface area (Å²) in [6.45, 7) is 4.00. The second-order valence-corrected chi connectivity index (χ2v) is 6.87. The number of halogens is 4. The molecular weight excluding hydrogens is 406 g/mol. The van der Waals surface area contributed by atoms with E-state index in [1.807, 2.05) is 13.0 Å². The standard InChI is InChI=1S/C20H23F4N3O3/c1-2-29-12-18(28)26-13-6-7-27(11-13)14-4-3-5-15(8-14)30-16-9-17(21)19(25-10-16)20(22,23)24/h3-5,8-10,13,18,26,28H,2,6-7,11-12H2,1H3. The molecule has 0 spiro atoms. The predicted molar refractivity (Wildman–Crippen MR) is 102 cm³/mol. The third kappa shape index (κ3) is 5.80. The largest absolute Gasteiger partial charge is 0.456 e. The molecule has 6 nitrogen and oxygen atoms in total. The van der Waals surface area contributed by atoms with Crippen LogP contribution in [0.4, 0.5) is 23.2 Å². The molecule has 1 fully saturated rings. The first-order valence-corrected chi connectivity index (χ1v) is 9.53. The van der Waals surface area contributed by atoms with Gasteiger partial charge in [0.25, 0.3) is 0 Å². The van der Waals surface area contributed by atoms with Gasteiger partial charge in [-0.1, -0.05) is 6.07 Å². The highest BCUT2D eigenvalue weighted by Crippen LogP contribution is 2.33. The fraction of sp³-hybridized carbons (Fsp3) is 0.450. The topological polar surface area (TPSA) is 66.9 Å². The molecule has 0 aliphatic carbocycles. The van der Waals surface area contributed by atoms with Crippen molar-refractivity contribution >= 4 is 5.69 Å². The lowest BCUT2D eigenvalue weighted by Crippen LogP contribution is -2.42. The quantitative estimate of drug-likeness (QED) is 0.494. The highest BCUT2D eigenvalue weighted by atomic mass is 19.4. The fourth-order valence-corrected chi connectivity index (χ4v) is 3.25. The van der Waals surface area contributed by atoms with E-state index in [4.69, 9.17) is 9.47 Å². The Kier molecular flexibility index (Phi) is 7.11. The lowest BCUT2D eigenvalue weighted by atomic mass is 10.2. The van der Waals surface area contributed by atoms with Crippen molar-refractivity contribution in [1.29, 1.82) is 0 Å². The van der Waals surface area contributed by atoms with Gasteiger partial charge in [0.05, 0.1) is 12.8 Å². The number of hydrogen-bond donors (Lipinski definition) is 2. The SMILES string of the molecule is CCOCC(O)NC1CCN(c2cccc(Oc3cnc(C(F)(F)F)c(F)c3)c2)C1. The molecule has 0 amide bonds. The molecule has 1 saturated heterocycles. The van der Waals surface area contributed by atoms with Crippen LogP contribution in [-0.2, 0) is 10.9 Å². The van der Waals surface area contributed by atoms with Gasteiger partial charge in [0.15, 0.2) is 11.5 Å². The summed E-state index contributed by atoms with van der Waals surface area (Å²) in [4.78, 5) is 5.21. The first kappa shape index (κ1) is 22.3. The van der Waals surface area contributed by atoms with Crippen molar-refractivity contribution < 1.29 is 32.1 Å². The van der Waals surface area contributed by atoms with Gasteiger partial charge < -0.3 is 19.5 Å². The second kappa shape index (κ2) is 9.59. The number of ether oxygens (including phenoxy) is 2. The first-order chi connectivity index (χ1) is 14.3. The number of benzene rings is 1. The summed E-state index contributed by atoms with van der Waals surface area (Å²) >= 11 is 0. The van der Waals surface area contributed by atoms with E-state index in [1.54, 1.807) is 18.2 Å². The van der Waals surface area contributed by atoms with Crippen molar-refractivity contribution in [3.8, 4) is 11.5 Å². The van der Waals surface area contributed by atoms with Crippen molar-refractivity contribution in [2.45, 2.75) is 31.8 Å². The third-order valence-electron chi connectivity index (χ3n) is 4.60. The highest BCUT2D eigenvalue weighted by molar-refractivity contribution is 5.52. The fourth-order valence-electron chi connectivity index (χ4n) is 3.25. The van der Waals surface area contributed by atoms with Gasteiger partial charge in [-0.15, -0.1) is 0 Å². The molecule has 2 unspecified atom stereocenters. The number of aliphatic hydroxyl groups excluding tert-OH is 1. The number of anilines is 1. The van der Waals surface area contributed by atoms with Crippen LogP contribution in [-0.4, -0.2) is 48.7 Å². The lowest BCUT2D eigenvalue weighted by Gasteiger charge is -2.21. The molecule has 2 heterocycles. The van der Waals surface area contributed by atoms with Crippen LogP contribution in [0.2, 0.25) is 0 Å². The maximum absolute atomic E-state index is 13.7. The molecule has 2 aromatic rings. The number of aromatic nitrogens is 1. The Hall–Kier alpha value is -2.43. The predicted octanol–water partition coefficient (Wildman–Crippen LogP) is 3.56. The van der Waals surface area contributed by atoms with E-state index in [0.29, 0.717) is 25.0 Å². The molecule has 1 aliphatic rings. The number of alkyl halides is 3. The lowest BCUT2D eigenvalue weighted by molar-refractivity contribution is -0.143. The van der Waals surface area contributed by atoms with Gasteiger partial charge in [0.2, 0.25) is 0 Å². The van der Waals surface area contributed by atoms with Gasteiger partial charge in [-0.3, -0.25) is 5.32 Å². The average molecular weight is 429 g/mol. The average Bonchev–Trinajstić information content (AvgIpc) is 3.14. The Morgan fingerprint density at radius 1 is 1.30 bits per heavy atom. The van der Waals surface area contributed by atoms with E-state index in [-0.39, 0.29) is 18.4 Å². The maximum atomic E-state index is 13.7. The van der Waals surface area contributed by atoms with E-state index in [1.165, 1.54) is 0 Å². The van der Waals surface area contributed by atoms with Crippen LogP contribution in [0.15, 0.2) is 36.5 Å². The smallest absolute Gasteiger partial charge is 0.436 e. The molecule has 10 heteroatoms.